The van der Waals surface area contributed by atoms with E-state index in [-0.39, 0.29) is 0 Å². The molecule has 1 saturated heterocycles. The summed E-state index contributed by atoms with van der Waals surface area (Å²) in [5.74, 6) is 1.22. The lowest BCUT2D eigenvalue weighted by Crippen LogP contribution is -2.46. The Bertz CT molecular complexity index is 439. The van der Waals surface area contributed by atoms with E-state index in [2.05, 4.69) is 24.1 Å². The summed E-state index contributed by atoms with van der Waals surface area (Å²) in [5, 5.41) is 13.2. The fourth-order valence-corrected chi connectivity index (χ4v) is 3.51. The number of rotatable bonds is 3. The van der Waals surface area contributed by atoms with Crippen molar-refractivity contribution < 1.29 is 5.11 Å². The van der Waals surface area contributed by atoms with Gasteiger partial charge in [0.1, 0.15) is 5.75 Å². The summed E-state index contributed by atoms with van der Waals surface area (Å²) >= 11 is 0. The molecule has 0 amide bonds. The number of nitrogens with zero attached hydrogens (tertiary/aromatic N) is 1. The standard InChI is InChI=1S/C16H24N2O/c1-11-9-14(19)10-12(2)15(11)16(13-3-4-13)18-7-5-17-6-8-18/h9-10,13,16-17,19H,3-8H2,1-2H3/t16-/m0/s1. The van der Waals surface area contributed by atoms with Crippen LogP contribution in [0.25, 0.3) is 0 Å². The number of piperazine rings is 1. The molecule has 0 radical (unpaired) electrons. The van der Waals surface area contributed by atoms with E-state index < -0.39 is 0 Å². The molecular formula is C16H24N2O. The first-order valence-electron chi connectivity index (χ1n) is 7.41. The third-order valence-electron chi connectivity index (χ3n) is 4.49. The van der Waals surface area contributed by atoms with Crippen molar-refractivity contribution in [1.29, 1.82) is 0 Å². The third kappa shape index (κ3) is 2.63. The van der Waals surface area contributed by atoms with Crippen LogP contribution in [0.4, 0.5) is 0 Å². The van der Waals surface area contributed by atoms with Gasteiger partial charge in [0, 0.05) is 32.2 Å². The molecule has 1 aliphatic heterocycles. The summed E-state index contributed by atoms with van der Waals surface area (Å²) in [6, 6.07) is 4.39. The summed E-state index contributed by atoms with van der Waals surface area (Å²) < 4.78 is 0. The zero-order valence-corrected chi connectivity index (χ0v) is 11.9. The average molecular weight is 260 g/mol. The van der Waals surface area contributed by atoms with Gasteiger partial charge in [0.15, 0.2) is 0 Å². The highest BCUT2D eigenvalue weighted by atomic mass is 16.3. The van der Waals surface area contributed by atoms with Crippen molar-refractivity contribution in [1.82, 2.24) is 10.2 Å². The lowest BCUT2D eigenvalue weighted by atomic mass is 9.91. The summed E-state index contributed by atoms with van der Waals surface area (Å²) in [4.78, 5) is 2.64. The Morgan fingerprint density at radius 3 is 2.26 bits per heavy atom. The molecule has 19 heavy (non-hydrogen) atoms. The second kappa shape index (κ2) is 5.14. The molecule has 3 rings (SSSR count). The van der Waals surface area contributed by atoms with E-state index in [0.29, 0.717) is 11.8 Å². The van der Waals surface area contributed by atoms with Crippen LogP contribution in [0, 0.1) is 19.8 Å². The van der Waals surface area contributed by atoms with Crippen molar-refractivity contribution in [2.45, 2.75) is 32.7 Å². The summed E-state index contributed by atoms with van der Waals surface area (Å²) in [6.07, 6.45) is 2.71. The van der Waals surface area contributed by atoms with Gasteiger partial charge < -0.3 is 10.4 Å². The lowest BCUT2D eigenvalue weighted by molar-refractivity contribution is 0.155. The van der Waals surface area contributed by atoms with Crippen LogP contribution < -0.4 is 5.32 Å². The molecule has 0 aromatic heterocycles. The van der Waals surface area contributed by atoms with Crippen molar-refractivity contribution in [3.05, 3.63) is 28.8 Å². The number of nitrogens with one attached hydrogen (secondary N) is 1. The Morgan fingerprint density at radius 2 is 1.74 bits per heavy atom. The first-order chi connectivity index (χ1) is 9.16. The Balaban J connectivity index is 1.95. The van der Waals surface area contributed by atoms with E-state index in [1.54, 1.807) is 0 Å². The fraction of sp³-hybridized carbons (Fsp3) is 0.625. The summed E-state index contributed by atoms with van der Waals surface area (Å²) in [6.45, 7) is 8.75. The molecule has 1 heterocycles. The average Bonchev–Trinajstić information content (AvgIpc) is 3.18. The van der Waals surface area contributed by atoms with E-state index in [1.165, 1.54) is 29.5 Å². The number of aryl methyl sites for hydroxylation is 2. The fourth-order valence-electron chi connectivity index (χ4n) is 3.51. The quantitative estimate of drug-likeness (QED) is 0.876. The zero-order valence-electron chi connectivity index (χ0n) is 11.9. The molecule has 3 heteroatoms. The molecule has 104 valence electrons. The number of phenols is 1. The molecule has 0 unspecified atom stereocenters. The van der Waals surface area contributed by atoms with Gasteiger partial charge >= 0.3 is 0 Å². The number of benzene rings is 1. The Labute approximate surface area is 115 Å². The Hall–Kier alpha value is -1.06. The lowest BCUT2D eigenvalue weighted by Gasteiger charge is -2.37. The van der Waals surface area contributed by atoms with Gasteiger partial charge in [0.25, 0.3) is 0 Å². The SMILES string of the molecule is Cc1cc(O)cc(C)c1[C@H](C1CC1)N1CCNCC1. The highest BCUT2D eigenvalue weighted by molar-refractivity contribution is 5.43. The molecule has 1 aromatic carbocycles. The maximum atomic E-state index is 9.74. The number of phenolic OH excluding ortho intramolecular Hbond substituents is 1. The molecule has 2 aliphatic rings. The van der Waals surface area contributed by atoms with Crippen LogP contribution >= 0.6 is 0 Å². The van der Waals surface area contributed by atoms with E-state index in [0.717, 1.165) is 32.1 Å². The molecule has 0 bridgehead atoms. The Morgan fingerprint density at radius 1 is 1.16 bits per heavy atom. The van der Waals surface area contributed by atoms with Crippen LogP contribution in [0.2, 0.25) is 0 Å². The van der Waals surface area contributed by atoms with E-state index in [9.17, 15) is 5.11 Å². The minimum atomic E-state index is 0.397. The van der Waals surface area contributed by atoms with Crippen molar-refractivity contribution in [2.75, 3.05) is 26.2 Å². The summed E-state index contributed by atoms with van der Waals surface area (Å²) in [5.41, 5.74) is 3.95. The van der Waals surface area contributed by atoms with Gasteiger partial charge in [-0.15, -0.1) is 0 Å². The van der Waals surface area contributed by atoms with E-state index in [1.807, 2.05) is 12.1 Å². The molecule has 1 aliphatic carbocycles. The summed E-state index contributed by atoms with van der Waals surface area (Å²) in [7, 11) is 0. The molecule has 3 nitrogen and oxygen atoms in total. The third-order valence-corrected chi connectivity index (χ3v) is 4.49. The first-order valence-corrected chi connectivity index (χ1v) is 7.41. The predicted octanol–water partition coefficient (Wildman–Crippen LogP) is 2.37. The molecule has 1 saturated carbocycles. The smallest absolute Gasteiger partial charge is 0.116 e. The maximum Gasteiger partial charge on any atom is 0.116 e. The van der Waals surface area contributed by atoms with Crippen molar-refractivity contribution >= 4 is 0 Å². The second-order valence-electron chi connectivity index (χ2n) is 6.06. The number of hydrogen-bond donors (Lipinski definition) is 2. The molecule has 1 atom stereocenters. The van der Waals surface area contributed by atoms with Gasteiger partial charge in [0.05, 0.1) is 0 Å². The van der Waals surface area contributed by atoms with Gasteiger partial charge in [-0.05, 0) is 61.4 Å². The second-order valence-corrected chi connectivity index (χ2v) is 6.06. The van der Waals surface area contributed by atoms with Crippen molar-refractivity contribution in [3.8, 4) is 5.75 Å². The van der Waals surface area contributed by atoms with Gasteiger partial charge in [-0.3, -0.25) is 4.90 Å². The molecule has 0 spiro atoms. The highest BCUT2D eigenvalue weighted by Gasteiger charge is 2.38. The van der Waals surface area contributed by atoms with Gasteiger partial charge in [-0.1, -0.05) is 0 Å². The minimum absolute atomic E-state index is 0.397. The van der Waals surface area contributed by atoms with E-state index >= 15 is 0 Å². The molecule has 2 fully saturated rings. The van der Waals surface area contributed by atoms with Gasteiger partial charge in [-0.2, -0.15) is 0 Å². The van der Waals surface area contributed by atoms with Crippen LogP contribution in [0.15, 0.2) is 12.1 Å². The van der Waals surface area contributed by atoms with Crippen LogP contribution in [0.1, 0.15) is 35.6 Å². The van der Waals surface area contributed by atoms with Crippen LogP contribution in [-0.2, 0) is 0 Å². The van der Waals surface area contributed by atoms with Crippen LogP contribution in [-0.4, -0.2) is 36.2 Å². The first kappa shape index (κ1) is 12.9. The predicted molar refractivity (Wildman–Crippen MR) is 77.5 cm³/mol. The topological polar surface area (TPSA) is 35.5 Å². The van der Waals surface area contributed by atoms with Crippen molar-refractivity contribution in [2.24, 2.45) is 5.92 Å². The molecular weight excluding hydrogens is 236 g/mol. The highest BCUT2D eigenvalue weighted by Crippen LogP contribution is 2.46. The van der Waals surface area contributed by atoms with Gasteiger partial charge in [0.2, 0.25) is 0 Å². The number of hydrogen-bond acceptors (Lipinski definition) is 3. The van der Waals surface area contributed by atoms with Crippen LogP contribution in [0.5, 0.6) is 5.75 Å². The van der Waals surface area contributed by atoms with Gasteiger partial charge in [-0.25, -0.2) is 0 Å². The van der Waals surface area contributed by atoms with Crippen molar-refractivity contribution in [3.63, 3.8) is 0 Å². The molecule has 1 aromatic rings. The monoisotopic (exact) mass is 260 g/mol. The Kier molecular flexibility index (Phi) is 3.50. The number of aromatic hydroxyl groups is 1. The van der Waals surface area contributed by atoms with Crippen LogP contribution in [0.3, 0.4) is 0 Å². The normalized spacial score (nSPS) is 22.4. The van der Waals surface area contributed by atoms with E-state index in [4.69, 9.17) is 0 Å². The zero-order chi connectivity index (χ0) is 13.4. The molecule has 2 N–H and O–H groups in total. The minimum Gasteiger partial charge on any atom is -0.508 e. The largest absolute Gasteiger partial charge is 0.508 e. The maximum absolute atomic E-state index is 9.74.